The van der Waals surface area contributed by atoms with Crippen molar-refractivity contribution in [3.63, 3.8) is 0 Å². The Hall–Kier alpha value is -1.94. The van der Waals surface area contributed by atoms with Crippen molar-refractivity contribution in [3.8, 4) is 10.6 Å². The van der Waals surface area contributed by atoms with Gasteiger partial charge in [0.1, 0.15) is 5.69 Å². The molecule has 0 amide bonds. The minimum Gasteiger partial charge on any atom is -0.302 e. The lowest BCUT2D eigenvalue weighted by molar-refractivity contribution is 0.354. The minimum absolute atomic E-state index is 0.0630. The molecule has 1 aliphatic carbocycles. The summed E-state index contributed by atoms with van der Waals surface area (Å²) in [5.41, 5.74) is 2.54. The summed E-state index contributed by atoms with van der Waals surface area (Å²) in [4.78, 5) is 18.7. The Balaban J connectivity index is 1.99. The molecule has 2 heterocycles. The average Bonchev–Trinajstić information content (AvgIpc) is 3.09. The van der Waals surface area contributed by atoms with E-state index in [1.165, 1.54) is 19.3 Å². The zero-order valence-electron chi connectivity index (χ0n) is 12.4. The molecular weight excluding hydrogens is 292 g/mol. The first-order chi connectivity index (χ1) is 10.8. The van der Waals surface area contributed by atoms with Crippen LogP contribution in [0.3, 0.4) is 0 Å². The topological polar surface area (TPSA) is 34.9 Å². The third kappa shape index (κ3) is 2.28. The molecular formula is C18H18N2OS. The molecule has 22 heavy (non-hydrogen) atoms. The van der Waals surface area contributed by atoms with Crippen LogP contribution in [0, 0.1) is 0 Å². The summed E-state index contributed by atoms with van der Waals surface area (Å²) in [5, 5.41) is 2.00. The SMILES string of the molecule is O=c1c(-c2cccs2)nc2ccccc2n1C1CCCCC1. The van der Waals surface area contributed by atoms with E-state index in [0.29, 0.717) is 11.7 Å². The third-order valence-electron chi connectivity index (χ3n) is 4.49. The lowest BCUT2D eigenvalue weighted by atomic mass is 9.95. The highest BCUT2D eigenvalue weighted by Crippen LogP contribution is 2.30. The average molecular weight is 310 g/mol. The predicted octanol–water partition coefficient (Wildman–Crippen LogP) is 4.63. The number of para-hydroxylation sites is 2. The Labute approximate surface area is 133 Å². The molecule has 0 spiro atoms. The number of thiophene rings is 1. The highest BCUT2D eigenvalue weighted by molar-refractivity contribution is 7.13. The van der Waals surface area contributed by atoms with Crippen molar-refractivity contribution in [2.24, 2.45) is 0 Å². The maximum absolute atomic E-state index is 13.1. The van der Waals surface area contributed by atoms with Gasteiger partial charge in [-0.2, -0.15) is 0 Å². The monoisotopic (exact) mass is 310 g/mol. The van der Waals surface area contributed by atoms with Gasteiger partial charge in [0.25, 0.3) is 5.56 Å². The van der Waals surface area contributed by atoms with Crippen molar-refractivity contribution >= 4 is 22.4 Å². The van der Waals surface area contributed by atoms with Crippen LogP contribution in [0.4, 0.5) is 0 Å². The Kier molecular flexibility index (Phi) is 3.54. The Morgan fingerprint density at radius 1 is 1.05 bits per heavy atom. The van der Waals surface area contributed by atoms with Gasteiger partial charge in [0.2, 0.25) is 0 Å². The molecule has 4 heteroatoms. The van der Waals surface area contributed by atoms with Gasteiger partial charge >= 0.3 is 0 Å². The molecule has 0 radical (unpaired) electrons. The zero-order valence-corrected chi connectivity index (χ0v) is 13.2. The zero-order chi connectivity index (χ0) is 14.9. The first-order valence-corrected chi connectivity index (χ1v) is 8.78. The molecule has 1 fully saturated rings. The van der Waals surface area contributed by atoms with E-state index < -0.39 is 0 Å². The standard InChI is InChI=1S/C18H18N2OS/c21-18-17(16-11-6-12-22-16)19-14-9-4-5-10-15(14)20(18)13-7-2-1-3-8-13/h4-6,9-13H,1-3,7-8H2. The fourth-order valence-corrected chi connectivity index (χ4v) is 4.14. The first-order valence-electron chi connectivity index (χ1n) is 7.90. The number of nitrogens with zero attached hydrogens (tertiary/aromatic N) is 2. The van der Waals surface area contributed by atoms with Gasteiger partial charge in [-0.3, -0.25) is 4.79 Å². The van der Waals surface area contributed by atoms with E-state index in [4.69, 9.17) is 0 Å². The van der Waals surface area contributed by atoms with Crippen LogP contribution in [0.1, 0.15) is 38.1 Å². The molecule has 0 N–H and O–H groups in total. The van der Waals surface area contributed by atoms with Gasteiger partial charge in [0, 0.05) is 6.04 Å². The van der Waals surface area contributed by atoms with Gasteiger partial charge in [-0.05, 0) is 36.4 Å². The van der Waals surface area contributed by atoms with Crippen molar-refractivity contribution in [1.29, 1.82) is 0 Å². The second-order valence-electron chi connectivity index (χ2n) is 5.89. The van der Waals surface area contributed by atoms with Crippen molar-refractivity contribution in [1.82, 2.24) is 9.55 Å². The third-order valence-corrected chi connectivity index (χ3v) is 5.37. The van der Waals surface area contributed by atoms with Gasteiger partial charge in [-0.25, -0.2) is 4.98 Å². The van der Waals surface area contributed by atoms with E-state index in [-0.39, 0.29) is 5.56 Å². The molecule has 1 aliphatic rings. The minimum atomic E-state index is 0.0630. The van der Waals surface area contributed by atoms with Gasteiger partial charge in [-0.1, -0.05) is 37.5 Å². The van der Waals surface area contributed by atoms with Crippen LogP contribution in [0.15, 0.2) is 46.6 Å². The molecule has 1 aromatic carbocycles. The lowest BCUT2D eigenvalue weighted by Gasteiger charge is -2.25. The highest BCUT2D eigenvalue weighted by atomic mass is 32.1. The van der Waals surface area contributed by atoms with E-state index >= 15 is 0 Å². The van der Waals surface area contributed by atoms with Crippen LogP contribution in [-0.2, 0) is 0 Å². The molecule has 0 saturated heterocycles. The molecule has 4 rings (SSSR count). The Morgan fingerprint density at radius 2 is 1.86 bits per heavy atom. The quantitative estimate of drug-likeness (QED) is 0.691. The summed E-state index contributed by atoms with van der Waals surface area (Å²) < 4.78 is 2.01. The molecule has 3 aromatic rings. The summed E-state index contributed by atoms with van der Waals surface area (Å²) >= 11 is 1.58. The van der Waals surface area contributed by atoms with E-state index in [1.54, 1.807) is 11.3 Å². The number of hydrogen-bond donors (Lipinski definition) is 0. The predicted molar refractivity (Wildman–Crippen MR) is 91.4 cm³/mol. The first kappa shape index (κ1) is 13.7. The molecule has 112 valence electrons. The van der Waals surface area contributed by atoms with Crippen molar-refractivity contribution < 1.29 is 0 Å². The van der Waals surface area contributed by atoms with E-state index in [2.05, 4.69) is 4.98 Å². The molecule has 0 aliphatic heterocycles. The molecule has 1 saturated carbocycles. The second-order valence-corrected chi connectivity index (χ2v) is 6.84. The van der Waals surface area contributed by atoms with Gasteiger partial charge in [0.05, 0.1) is 15.9 Å². The molecule has 0 unspecified atom stereocenters. The van der Waals surface area contributed by atoms with Crippen LogP contribution in [0.2, 0.25) is 0 Å². The lowest BCUT2D eigenvalue weighted by Crippen LogP contribution is -2.28. The molecule has 2 aromatic heterocycles. The molecule has 3 nitrogen and oxygen atoms in total. The second kappa shape index (κ2) is 5.69. The summed E-state index contributed by atoms with van der Waals surface area (Å²) in [6.45, 7) is 0. The van der Waals surface area contributed by atoms with Crippen LogP contribution >= 0.6 is 11.3 Å². The van der Waals surface area contributed by atoms with E-state index in [9.17, 15) is 4.79 Å². The highest BCUT2D eigenvalue weighted by Gasteiger charge is 2.21. The molecule has 0 atom stereocenters. The van der Waals surface area contributed by atoms with E-state index in [0.717, 1.165) is 28.8 Å². The summed E-state index contributed by atoms with van der Waals surface area (Å²) in [6, 6.07) is 12.3. The largest absolute Gasteiger partial charge is 0.302 e. The fraction of sp³-hybridized carbons (Fsp3) is 0.333. The van der Waals surface area contributed by atoms with Crippen LogP contribution in [-0.4, -0.2) is 9.55 Å². The number of fused-ring (bicyclic) bond motifs is 1. The summed E-state index contributed by atoms with van der Waals surface area (Å²) in [5.74, 6) is 0. The maximum atomic E-state index is 13.1. The van der Waals surface area contributed by atoms with Gasteiger partial charge in [0.15, 0.2) is 0 Å². The van der Waals surface area contributed by atoms with Crippen molar-refractivity contribution in [3.05, 3.63) is 52.1 Å². The van der Waals surface area contributed by atoms with Gasteiger partial charge in [-0.15, -0.1) is 11.3 Å². The Bertz CT molecular complexity index is 845. The van der Waals surface area contributed by atoms with Crippen LogP contribution in [0.25, 0.3) is 21.6 Å². The van der Waals surface area contributed by atoms with E-state index in [1.807, 2.05) is 46.3 Å². The number of hydrogen-bond acceptors (Lipinski definition) is 3. The van der Waals surface area contributed by atoms with Gasteiger partial charge < -0.3 is 4.57 Å². The fourth-order valence-electron chi connectivity index (χ4n) is 3.43. The number of rotatable bonds is 2. The van der Waals surface area contributed by atoms with Crippen molar-refractivity contribution in [2.75, 3.05) is 0 Å². The number of benzene rings is 1. The smallest absolute Gasteiger partial charge is 0.278 e. The maximum Gasteiger partial charge on any atom is 0.278 e. The van der Waals surface area contributed by atoms with Crippen LogP contribution < -0.4 is 5.56 Å². The molecule has 0 bridgehead atoms. The van der Waals surface area contributed by atoms with Crippen molar-refractivity contribution in [2.45, 2.75) is 38.1 Å². The number of aromatic nitrogens is 2. The normalized spacial score (nSPS) is 16.2. The summed E-state index contributed by atoms with van der Waals surface area (Å²) in [7, 11) is 0. The Morgan fingerprint density at radius 3 is 2.64 bits per heavy atom. The van der Waals surface area contributed by atoms with Crippen LogP contribution in [0.5, 0.6) is 0 Å². The summed E-state index contributed by atoms with van der Waals surface area (Å²) in [6.07, 6.45) is 5.89.